The van der Waals surface area contributed by atoms with Crippen LogP contribution in [-0.2, 0) is 6.42 Å². The Hall–Kier alpha value is -2.21. The molecule has 0 saturated carbocycles. The van der Waals surface area contributed by atoms with Crippen LogP contribution in [0, 0.1) is 0 Å². The first-order valence-electron chi connectivity index (χ1n) is 5.87. The van der Waals surface area contributed by atoms with Crippen molar-refractivity contribution in [2.75, 3.05) is 20.6 Å². The van der Waals surface area contributed by atoms with E-state index in [0.29, 0.717) is 23.7 Å². The fourth-order valence-corrected chi connectivity index (χ4v) is 1.55. The van der Waals surface area contributed by atoms with Crippen molar-refractivity contribution >= 4 is 5.97 Å². The van der Waals surface area contributed by atoms with Crippen molar-refractivity contribution in [3.8, 4) is 11.5 Å². The van der Waals surface area contributed by atoms with Gasteiger partial charge < -0.3 is 14.5 Å². The van der Waals surface area contributed by atoms with Crippen molar-refractivity contribution in [2.45, 2.75) is 6.42 Å². The van der Waals surface area contributed by atoms with Crippen molar-refractivity contribution < 1.29 is 14.4 Å². The van der Waals surface area contributed by atoms with Gasteiger partial charge in [0.25, 0.3) is 5.89 Å². The lowest BCUT2D eigenvalue weighted by molar-refractivity contribution is 0.0697. The predicted molar refractivity (Wildman–Crippen MR) is 69.0 cm³/mol. The molecule has 19 heavy (non-hydrogen) atoms. The van der Waals surface area contributed by atoms with Gasteiger partial charge in [-0.1, -0.05) is 5.16 Å². The van der Waals surface area contributed by atoms with Crippen molar-refractivity contribution in [2.24, 2.45) is 0 Å². The van der Waals surface area contributed by atoms with Crippen LogP contribution in [0.5, 0.6) is 0 Å². The second-order valence-electron chi connectivity index (χ2n) is 4.45. The summed E-state index contributed by atoms with van der Waals surface area (Å²) in [6.07, 6.45) is 0.712. The molecule has 2 rings (SSSR count). The minimum Gasteiger partial charge on any atom is -0.478 e. The van der Waals surface area contributed by atoms with E-state index in [0.717, 1.165) is 6.54 Å². The van der Waals surface area contributed by atoms with Gasteiger partial charge in [0.15, 0.2) is 5.82 Å². The van der Waals surface area contributed by atoms with E-state index in [1.807, 2.05) is 19.0 Å². The van der Waals surface area contributed by atoms with Crippen molar-refractivity contribution in [3.05, 3.63) is 35.7 Å². The van der Waals surface area contributed by atoms with Crippen LogP contribution in [0.1, 0.15) is 16.2 Å². The number of carboxylic acid groups (broad SMARTS) is 1. The smallest absolute Gasteiger partial charge is 0.335 e. The highest BCUT2D eigenvalue weighted by atomic mass is 16.5. The van der Waals surface area contributed by atoms with Gasteiger partial charge in [0, 0.05) is 18.5 Å². The summed E-state index contributed by atoms with van der Waals surface area (Å²) in [7, 11) is 3.96. The van der Waals surface area contributed by atoms with Gasteiger partial charge in [0.2, 0.25) is 0 Å². The highest BCUT2D eigenvalue weighted by Crippen LogP contribution is 2.17. The molecule has 1 aromatic carbocycles. The Balaban J connectivity index is 2.11. The SMILES string of the molecule is CN(C)CCc1noc(-c2ccc(C(=O)O)cc2)n1. The Labute approximate surface area is 110 Å². The lowest BCUT2D eigenvalue weighted by atomic mass is 10.1. The third-order valence-corrected chi connectivity index (χ3v) is 2.63. The van der Waals surface area contributed by atoms with Crippen molar-refractivity contribution in [1.82, 2.24) is 15.0 Å². The lowest BCUT2D eigenvalue weighted by Crippen LogP contribution is -2.15. The summed E-state index contributed by atoms with van der Waals surface area (Å²) in [5.74, 6) is 0.0976. The number of carboxylic acids is 1. The number of carbonyl (C=O) groups is 1. The minimum absolute atomic E-state index is 0.232. The summed E-state index contributed by atoms with van der Waals surface area (Å²) in [6, 6.07) is 6.35. The monoisotopic (exact) mass is 261 g/mol. The number of likely N-dealkylation sites (N-methyl/N-ethyl adjacent to an activating group) is 1. The Morgan fingerprint density at radius 3 is 2.58 bits per heavy atom. The highest BCUT2D eigenvalue weighted by Gasteiger charge is 2.10. The zero-order chi connectivity index (χ0) is 13.8. The molecular weight excluding hydrogens is 246 g/mol. The summed E-state index contributed by atoms with van der Waals surface area (Å²) in [4.78, 5) is 17.1. The van der Waals surface area contributed by atoms with Crippen LogP contribution in [0.4, 0.5) is 0 Å². The fraction of sp³-hybridized carbons (Fsp3) is 0.308. The first-order chi connectivity index (χ1) is 9.06. The molecular formula is C13H15N3O3. The molecule has 1 heterocycles. The molecule has 0 aliphatic heterocycles. The molecule has 0 atom stereocenters. The molecule has 0 bridgehead atoms. The maximum atomic E-state index is 10.7. The van der Waals surface area contributed by atoms with Gasteiger partial charge >= 0.3 is 5.97 Å². The van der Waals surface area contributed by atoms with E-state index in [9.17, 15) is 4.79 Å². The second kappa shape index (κ2) is 5.62. The quantitative estimate of drug-likeness (QED) is 0.879. The molecule has 0 unspecified atom stereocenters. The highest BCUT2D eigenvalue weighted by molar-refractivity contribution is 5.88. The van der Waals surface area contributed by atoms with Crippen molar-refractivity contribution in [3.63, 3.8) is 0 Å². The number of aromatic carboxylic acids is 1. The molecule has 0 aliphatic carbocycles. The van der Waals surface area contributed by atoms with Gasteiger partial charge in [-0.15, -0.1) is 0 Å². The van der Waals surface area contributed by atoms with Crippen LogP contribution in [0.3, 0.4) is 0 Å². The predicted octanol–water partition coefficient (Wildman–Crippen LogP) is 1.54. The Morgan fingerprint density at radius 1 is 1.32 bits per heavy atom. The largest absolute Gasteiger partial charge is 0.478 e. The van der Waals surface area contributed by atoms with Gasteiger partial charge in [-0.05, 0) is 38.4 Å². The average Bonchev–Trinajstić information content (AvgIpc) is 2.85. The van der Waals surface area contributed by atoms with Gasteiger partial charge in [-0.3, -0.25) is 0 Å². The molecule has 0 amide bonds. The Morgan fingerprint density at radius 2 is 2.00 bits per heavy atom. The summed E-state index contributed by atoms with van der Waals surface area (Å²) < 4.78 is 5.16. The maximum Gasteiger partial charge on any atom is 0.335 e. The van der Waals surface area contributed by atoms with E-state index < -0.39 is 5.97 Å². The number of nitrogens with zero attached hydrogens (tertiary/aromatic N) is 3. The first kappa shape index (κ1) is 13.2. The number of hydrogen-bond acceptors (Lipinski definition) is 5. The van der Waals surface area contributed by atoms with E-state index in [1.54, 1.807) is 12.1 Å². The molecule has 0 spiro atoms. The van der Waals surface area contributed by atoms with E-state index in [-0.39, 0.29) is 5.56 Å². The van der Waals surface area contributed by atoms with E-state index in [2.05, 4.69) is 10.1 Å². The minimum atomic E-state index is -0.955. The molecule has 0 fully saturated rings. The molecule has 0 aliphatic rings. The summed E-state index contributed by atoms with van der Waals surface area (Å²) in [5.41, 5.74) is 0.949. The number of hydrogen-bond donors (Lipinski definition) is 1. The van der Waals surface area contributed by atoms with E-state index in [4.69, 9.17) is 9.63 Å². The second-order valence-corrected chi connectivity index (χ2v) is 4.45. The average molecular weight is 261 g/mol. The van der Waals surface area contributed by atoms with Crippen LogP contribution < -0.4 is 0 Å². The van der Waals surface area contributed by atoms with Gasteiger partial charge in [-0.25, -0.2) is 4.79 Å². The number of aromatic nitrogens is 2. The van der Waals surface area contributed by atoms with E-state index in [1.165, 1.54) is 12.1 Å². The van der Waals surface area contributed by atoms with Gasteiger partial charge in [0.1, 0.15) is 0 Å². The van der Waals surface area contributed by atoms with Crippen LogP contribution in [0.2, 0.25) is 0 Å². The molecule has 0 saturated heterocycles. The normalized spacial score (nSPS) is 10.9. The molecule has 0 radical (unpaired) electrons. The number of rotatable bonds is 5. The zero-order valence-electron chi connectivity index (χ0n) is 10.8. The van der Waals surface area contributed by atoms with E-state index >= 15 is 0 Å². The zero-order valence-corrected chi connectivity index (χ0v) is 10.8. The maximum absolute atomic E-state index is 10.7. The molecule has 1 N–H and O–H groups in total. The van der Waals surface area contributed by atoms with Crippen molar-refractivity contribution in [1.29, 1.82) is 0 Å². The Kier molecular flexibility index (Phi) is 3.91. The van der Waals surface area contributed by atoms with Gasteiger partial charge in [0.05, 0.1) is 5.56 Å². The lowest BCUT2D eigenvalue weighted by Gasteiger charge is -2.05. The Bertz CT molecular complexity index is 561. The third kappa shape index (κ3) is 3.38. The van der Waals surface area contributed by atoms with Crippen LogP contribution in [0.15, 0.2) is 28.8 Å². The molecule has 100 valence electrons. The van der Waals surface area contributed by atoms with Crippen LogP contribution >= 0.6 is 0 Å². The summed E-state index contributed by atoms with van der Waals surface area (Å²) >= 11 is 0. The molecule has 2 aromatic rings. The van der Waals surface area contributed by atoms with Crippen LogP contribution in [-0.4, -0.2) is 46.8 Å². The molecule has 1 aromatic heterocycles. The fourth-order valence-electron chi connectivity index (χ4n) is 1.55. The number of benzene rings is 1. The molecule has 6 heteroatoms. The van der Waals surface area contributed by atoms with Gasteiger partial charge in [-0.2, -0.15) is 4.98 Å². The third-order valence-electron chi connectivity index (χ3n) is 2.63. The summed E-state index contributed by atoms with van der Waals surface area (Å²) in [6.45, 7) is 0.844. The van der Waals surface area contributed by atoms with Crippen LogP contribution in [0.25, 0.3) is 11.5 Å². The standard InChI is InChI=1S/C13H15N3O3/c1-16(2)8-7-11-14-12(19-15-11)9-3-5-10(6-4-9)13(17)18/h3-6H,7-8H2,1-2H3,(H,17,18). The molecule has 6 nitrogen and oxygen atoms in total. The topological polar surface area (TPSA) is 79.5 Å². The summed E-state index contributed by atoms with van der Waals surface area (Å²) in [5, 5.41) is 12.7. The first-order valence-corrected chi connectivity index (χ1v) is 5.87.